The zero-order valence-corrected chi connectivity index (χ0v) is 18.6. The summed E-state index contributed by atoms with van der Waals surface area (Å²) in [6, 6.07) is 12.1. The lowest BCUT2D eigenvalue weighted by Gasteiger charge is -2.24. The minimum absolute atomic E-state index is 0.0428. The molecule has 5 nitrogen and oxygen atoms in total. The zero-order valence-electron chi connectivity index (χ0n) is 17.8. The Balaban J connectivity index is 1.49. The quantitative estimate of drug-likeness (QED) is 0.358. The molecule has 1 aromatic heterocycles. The summed E-state index contributed by atoms with van der Waals surface area (Å²) in [5.41, 5.74) is 0.783. The smallest absolute Gasteiger partial charge is 0.416 e. The van der Waals surface area contributed by atoms with Crippen molar-refractivity contribution in [3.8, 4) is 0 Å². The number of benzene rings is 2. The van der Waals surface area contributed by atoms with Crippen LogP contribution < -0.4 is 10.2 Å². The molecule has 0 bridgehead atoms. The van der Waals surface area contributed by atoms with E-state index in [1.807, 2.05) is 12.1 Å². The molecule has 0 spiro atoms. The van der Waals surface area contributed by atoms with Crippen molar-refractivity contribution in [2.75, 3.05) is 16.5 Å². The van der Waals surface area contributed by atoms with Crippen molar-refractivity contribution in [2.24, 2.45) is 0 Å². The van der Waals surface area contributed by atoms with E-state index in [0.717, 1.165) is 30.5 Å². The molecular formula is C23H22F4N4OS. The third-order valence-corrected chi connectivity index (χ3v) is 6.32. The van der Waals surface area contributed by atoms with Crippen LogP contribution in [0.2, 0.25) is 0 Å². The van der Waals surface area contributed by atoms with Gasteiger partial charge in [0.1, 0.15) is 12.6 Å². The third kappa shape index (κ3) is 5.75. The van der Waals surface area contributed by atoms with Crippen LogP contribution in [0.4, 0.5) is 29.2 Å². The van der Waals surface area contributed by atoms with Gasteiger partial charge in [-0.1, -0.05) is 24.3 Å². The van der Waals surface area contributed by atoms with Gasteiger partial charge < -0.3 is 14.8 Å². The van der Waals surface area contributed by atoms with Gasteiger partial charge in [0.05, 0.1) is 5.56 Å². The highest BCUT2D eigenvalue weighted by Crippen LogP contribution is 2.35. The molecule has 1 saturated carbocycles. The van der Waals surface area contributed by atoms with Crippen molar-refractivity contribution < 1.29 is 22.1 Å². The normalized spacial score (nSPS) is 14.7. The molecule has 10 heteroatoms. The Morgan fingerprint density at radius 3 is 2.24 bits per heavy atom. The maximum atomic E-state index is 15.3. The summed E-state index contributed by atoms with van der Waals surface area (Å²) in [6.45, 7) is 0.554. The number of halogens is 4. The van der Waals surface area contributed by atoms with Gasteiger partial charge in [0.15, 0.2) is 16.5 Å². The van der Waals surface area contributed by atoms with Crippen LogP contribution in [0.15, 0.2) is 59.8 Å². The highest BCUT2D eigenvalue weighted by Gasteiger charge is 2.33. The van der Waals surface area contributed by atoms with Gasteiger partial charge in [0, 0.05) is 19.1 Å². The molecule has 2 aromatic carbocycles. The average Bonchev–Trinajstić information content (AvgIpc) is 3.62. The third-order valence-electron chi connectivity index (χ3n) is 5.38. The van der Waals surface area contributed by atoms with E-state index in [9.17, 15) is 17.7 Å². The molecule has 1 aliphatic rings. The minimum Gasteiger partial charge on any atom is -0.612 e. The molecule has 1 heterocycles. The second kappa shape index (κ2) is 9.56. The van der Waals surface area contributed by atoms with Gasteiger partial charge in [-0.15, -0.1) is 0 Å². The first-order chi connectivity index (χ1) is 15.7. The molecule has 174 valence electrons. The maximum absolute atomic E-state index is 15.3. The van der Waals surface area contributed by atoms with Gasteiger partial charge in [-0.25, -0.2) is 9.97 Å². The molecule has 4 rings (SSSR count). The Kier molecular flexibility index (Phi) is 6.76. The van der Waals surface area contributed by atoms with Gasteiger partial charge in [0.25, 0.3) is 0 Å². The number of nitrogens with zero attached hydrogens (tertiary/aromatic N) is 3. The summed E-state index contributed by atoms with van der Waals surface area (Å²) < 4.78 is 65.3. The molecule has 33 heavy (non-hydrogen) atoms. The molecule has 1 aliphatic carbocycles. The monoisotopic (exact) mass is 478 g/mol. The maximum Gasteiger partial charge on any atom is 0.416 e. The molecule has 1 atom stereocenters. The Labute approximate surface area is 192 Å². The van der Waals surface area contributed by atoms with Crippen LogP contribution in [0.25, 0.3) is 0 Å². The fraction of sp³-hybridized carbons (Fsp3) is 0.304. The summed E-state index contributed by atoms with van der Waals surface area (Å²) in [6.07, 6.45) is 0.186. The largest absolute Gasteiger partial charge is 0.612 e. The SMILES string of the molecule is C[S+]([O-])c1ccc(CNc2ncnc(N(Cc3ccc(C(F)(F)F)cc3)C3CC3)c2F)cc1. The van der Waals surface area contributed by atoms with Crippen molar-refractivity contribution in [2.45, 2.75) is 43.0 Å². The van der Waals surface area contributed by atoms with Crippen LogP contribution in [-0.2, 0) is 30.4 Å². The van der Waals surface area contributed by atoms with E-state index < -0.39 is 28.7 Å². The highest BCUT2D eigenvalue weighted by molar-refractivity contribution is 7.90. The highest BCUT2D eigenvalue weighted by atomic mass is 32.2. The summed E-state index contributed by atoms with van der Waals surface area (Å²) in [5.74, 6) is -0.449. The topological polar surface area (TPSA) is 64.1 Å². The predicted octanol–water partition coefficient (Wildman–Crippen LogP) is 5.15. The number of hydrogen-bond donors (Lipinski definition) is 1. The molecule has 1 fully saturated rings. The van der Waals surface area contributed by atoms with Crippen molar-refractivity contribution in [3.63, 3.8) is 0 Å². The first kappa shape index (κ1) is 23.3. The van der Waals surface area contributed by atoms with E-state index in [4.69, 9.17) is 0 Å². The lowest BCUT2D eigenvalue weighted by Crippen LogP contribution is -2.27. The Hall–Kier alpha value is -2.85. The van der Waals surface area contributed by atoms with Crippen LogP contribution in [0.5, 0.6) is 0 Å². The van der Waals surface area contributed by atoms with Gasteiger partial charge in [-0.2, -0.15) is 17.6 Å². The number of hydrogen-bond acceptors (Lipinski definition) is 5. The summed E-state index contributed by atoms with van der Waals surface area (Å²) in [7, 11) is 0. The number of alkyl halides is 3. The van der Waals surface area contributed by atoms with Gasteiger partial charge in [-0.3, -0.25) is 0 Å². The summed E-state index contributed by atoms with van der Waals surface area (Å²) >= 11 is -1.07. The van der Waals surface area contributed by atoms with E-state index in [1.54, 1.807) is 23.3 Å². The molecule has 0 saturated heterocycles. The Bertz CT molecular complexity index is 1090. The van der Waals surface area contributed by atoms with E-state index >= 15 is 4.39 Å². The van der Waals surface area contributed by atoms with E-state index in [-0.39, 0.29) is 24.2 Å². The number of aromatic nitrogens is 2. The van der Waals surface area contributed by atoms with Crippen LogP contribution >= 0.6 is 0 Å². The first-order valence-corrected chi connectivity index (χ1v) is 11.9. The lowest BCUT2D eigenvalue weighted by molar-refractivity contribution is -0.137. The van der Waals surface area contributed by atoms with Crippen LogP contribution in [0.3, 0.4) is 0 Å². The molecule has 1 N–H and O–H groups in total. The fourth-order valence-corrected chi connectivity index (χ4v) is 3.95. The number of nitrogens with one attached hydrogen (secondary N) is 1. The fourth-order valence-electron chi connectivity index (χ4n) is 3.43. The molecule has 0 amide bonds. The number of anilines is 2. The number of rotatable bonds is 8. The Morgan fingerprint density at radius 2 is 1.67 bits per heavy atom. The molecule has 0 aliphatic heterocycles. The molecule has 1 unspecified atom stereocenters. The van der Waals surface area contributed by atoms with Crippen molar-refractivity contribution >= 4 is 22.8 Å². The predicted molar refractivity (Wildman–Crippen MR) is 119 cm³/mol. The van der Waals surface area contributed by atoms with Gasteiger partial charge in [0.2, 0.25) is 5.82 Å². The Morgan fingerprint density at radius 1 is 1.03 bits per heavy atom. The van der Waals surface area contributed by atoms with Crippen LogP contribution in [-0.4, -0.2) is 26.8 Å². The van der Waals surface area contributed by atoms with Crippen LogP contribution in [0.1, 0.15) is 29.5 Å². The van der Waals surface area contributed by atoms with Gasteiger partial charge in [-0.05, 0) is 59.4 Å². The summed E-state index contributed by atoms with van der Waals surface area (Å²) in [5, 5.41) is 2.97. The lowest BCUT2D eigenvalue weighted by atomic mass is 10.1. The van der Waals surface area contributed by atoms with E-state index in [2.05, 4.69) is 15.3 Å². The standard InChI is InChI=1S/C23H22F4N4OS/c1-33(32)19-10-4-15(5-11-19)12-28-21-20(24)22(30-14-29-21)31(18-8-9-18)13-16-2-6-17(7-3-16)23(25,26)27/h2-7,10-11,14,18H,8-9,12-13H2,1H3,(H,28,29,30). The second-order valence-corrected chi connectivity index (χ2v) is 9.24. The van der Waals surface area contributed by atoms with Crippen LogP contribution in [0, 0.1) is 5.82 Å². The van der Waals surface area contributed by atoms with Crippen molar-refractivity contribution in [3.05, 3.63) is 77.4 Å². The van der Waals surface area contributed by atoms with Gasteiger partial charge >= 0.3 is 6.18 Å². The summed E-state index contributed by atoms with van der Waals surface area (Å²) in [4.78, 5) is 10.6. The molecule has 0 radical (unpaired) electrons. The van der Waals surface area contributed by atoms with Crippen molar-refractivity contribution in [1.29, 1.82) is 0 Å². The van der Waals surface area contributed by atoms with Crippen molar-refractivity contribution in [1.82, 2.24) is 9.97 Å². The second-order valence-electron chi connectivity index (χ2n) is 7.87. The average molecular weight is 479 g/mol. The first-order valence-electron chi connectivity index (χ1n) is 10.3. The van der Waals surface area contributed by atoms with E-state index in [0.29, 0.717) is 17.0 Å². The molecular weight excluding hydrogens is 456 g/mol. The van der Waals surface area contributed by atoms with E-state index in [1.165, 1.54) is 18.5 Å². The molecule has 3 aromatic rings. The minimum atomic E-state index is -4.40. The zero-order chi connectivity index (χ0) is 23.6.